The van der Waals surface area contributed by atoms with E-state index in [-0.39, 0.29) is 5.82 Å². The van der Waals surface area contributed by atoms with Gasteiger partial charge in [-0.2, -0.15) is 0 Å². The number of nitrogens with one attached hydrogen (secondary N) is 1. The Bertz CT molecular complexity index is 500. The fourth-order valence-electron chi connectivity index (χ4n) is 2.45. The standard InChI is InChI=1S/C13H14FNO/c14-11-1-2-12-10(7-11)8-16-13(12)9-3-5-15-6-4-9/h1-2,7-9,15H,3-6H2. The molecule has 2 heterocycles. The van der Waals surface area contributed by atoms with Gasteiger partial charge in [0.15, 0.2) is 0 Å². The molecular weight excluding hydrogens is 205 g/mol. The van der Waals surface area contributed by atoms with Crippen molar-refractivity contribution in [3.63, 3.8) is 0 Å². The zero-order chi connectivity index (χ0) is 11.0. The second kappa shape index (κ2) is 3.91. The highest BCUT2D eigenvalue weighted by Gasteiger charge is 2.20. The SMILES string of the molecule is Fc1ccc2c(C3CCNCC3)occ2c1. The second-order valence-electron chi connectivity index (χ2n) is 4.36. The van der Waals surface area contributed by atoms with Crippen molar-refractivity contribution in [1.82, 2.24) is 5.32 Å². The number of piperidine rings is 1. The topological polar surface area (TPSA) is 25.2 Å². The van der Waals surface area contributed by atoms with Gasteiger partial charge in [-0.25, -0.2) is 4.39 Å². The van der Waals surface area contributed by atoms with E-state index in [4.69, 9.17) is 4.42 Å². The van der Waals surface area contributed by atoms with Crippen LogP contribution in [0.2, 0.25) is 0 Å². The molecule has 0 bridgehead atoms. The summed E-state index contributed by atoms with van der Waals surface area (Å²) in [5, 5.41) is 5.26. The number of halogens is 1. The maximum atomic E-state index is 13.0. The van der Waals surface area contributed by atoms with Crippen LogP contribution in [0.5, 0.6) is 0 Å². The minimum absolute atomic E-state index is 0.204. The fraction of sp³-hybridized carbons (Fsp3) is 0.385. The lowest BCUT2D eigenvalue weighted by Crippen LogP contribution is -2.26. The van der Waals surface area contributed by atoms with Crippen molar-refractivity contribution in [3.05, 3.63) is 36.0 Å². The zero-order valence-electron chi connectivity index (χ0n) is 9.00. The highest BCUT2D eigenvalue weighted by Crippen LogP contribution is 2.32. The molecule has 0 saturated carbocycles. The maximum absolute atomic E-state index is 13.0. The number of hydrogen-bond donors (Lipinski definition) is 1. The van der Waals surface area contributed by atoms with Crippen LogP contribution in [0.4, 0.5) is 4.39 Å². The molecule has 0 aliphatic carbocycles. The van der Waals surface area contributed by atoms with Crippen LogP contribution in [-0.4, -0.2) is 13.1 Å². The Labute approximate surface area is 93.4 Å². The lowest BCUT2D eigenvalue weighted by Gasteiger charge is -2.20. The van der Waals surface area contributed by atoms with Gasteiger partial charge in [0, 0.05) is 16.7 Å². The van der Waals surface area contributed by atoms with Crippen LogP contribution in [-0.2, 0) is 0 Å². The first kappa shape index (κ1) is 9.85. The number of furan rings is 1. The van der Waals surface area contributed by atoms with Crippen LogP contribution >= 0.6 is 0 Å². The van der Waals surface area contributed by atoms with E-state index in [9.17, 15) is 4.39 Å². The van der Waals surface area contributed by atoms with Crippen molar-refractivity contribution in [3.8, 4) is 0 Å². The average Bonchev–Trinajstić information content (AvgIpc) is 2.73. The monoisotopic (exact) mass is 219 g/mol. The van der Waals surface area contributed by atoms with Crippen LogP contribution < -0.4 is 5.32 Å². The molecule has 0 amide bonds. The van der Waals surface area contributed by atoms with Gasteiger partial charge < -0.3 is 9.73 Å². The second-order valence-corrected chi connectivity index (χ2v) is 4.36. The molecule has 3 heteroatoms. The summed E-state index contributed by atoms with van der Waals surface area (Å²) in [5.41, 5.74) is 0. The summed E-state index contributed by atoms with van der Waals surface area (Å²) in [4.78, 5) is 0. The third-order valence-electron chi connectivity index (χ3n) is 3.30. The minimum Gasteiger partial charge on any atom is -0.468 e. The molecule has 0 unspecified atom stereocenters. The number of benzene rings is 1. The van der Waals surface area contributed by atoms with E-state index >= 15 is 0 Å². The van der Waals surface area contributed by atoms with Gasteiger partial charge in [-0.05, 0) is 44.1 Å². The van der Waals surface area contributed by atoms with Gasteiger partial charge in [-0.1, -0.05) is 0 Å². The smallest absolute Gasteiger partial charge is 0.123 e. The summed E-state index contributed by atoms with van der Waals surface area (Å²) in [6.45, 7) is 2.07. The van der Waals surface area contributed by atoms with Crippen LogP contribution in [0.1, 0.15) is 24.5 Å². The highest BCUT2D eigenvalue weighted by molar-refractivity contribution is 5.84. The van der Waals surface area contributed by atoms with Crippen LogP contribution in [0.3, 0.4) is 0 Å². The molecule has 1 aromatic heterocycles. The number of rotatable bonds is 1. The highest BCUT2D eigenvalue weighted by atomic mass is 19.1. The van der Waals surface area contributed by atoms with Gasteiger partial charge in [0.25, 0.3) is 0 Å². The zero-order valence-corrected chi connectivity index (χ0v) is 9.00. The summed E-state index contributed by atoms with van der Waals surface area (Å²) in [6.07, 6.45) is 3.86. The van der Waals surface area contributed by atoms with Crippen molar-refractivity contribution in [2.75, 3.05) is 13.1 Å². The molecule has 0 atom stereocenters. The Morgan fingerprint density at radius 3 is 2.88 bits per heavy atom. The molecule has 84 valence electrons. The van der Waals surface area contributed by atoms with Crippen molar-refractivity contribution >= 4 is 10.8 Å². The van der Waals surface area contributed by atoms with Gasteiger partial charge in [0.1, 0.15) is 11.6 Å². The number of hydrogen-bond acceptors (Lipinski definition) is 2. The van der Waals surface area contributed by atoms with E-state index in [1.54, 1.807) is 6.26 Å². The molecule has 2 aromatic rings. The normalized spacial score (nSPS) is 18.1. The van der Waals surface area contributed by atoms with Gasteiger partial charge in [0.05, 0.1) is 6.26 Å². The van der Waals surface area contributed by atoms with Crippen molar-refractivity contribution in [2.24, 2.45) is 0 Å². The molecule has 0 radical (unpaired) electrons. The summed E-state index contributed by atoms with van der Waals surface area (Å²) in [7, 11) is 0. The van der Waals surface area contributed by atoms with Gasteiger partial charge >= 0.3 is 0 Å². The molecule has 1 aliphatic rings. The third kappa shape index (κ3) is 1.61. The van der Waals surface area contributed by atoms with Crippen molar-refractivity contribution in [1.29, 1.82) is 0 Å². The molecule has 1 fully saturated rings. The lowest BCUT2D eigenvalue weighted by atomic mass is 9.93. The average molecular weight is 219 g/mol. The maximum Gasteiger partial charge on any atom is 0.123 e. The molecule has 2 nitrogen and oxygen atoms in total. The minimum atomic E-state index is -0.204. The lowest BCUT2D eigenvalue weighted by molar-refractivity contribution is 0.389. The van der Waals surface area contributed by atoms with Gasteiger partial charge in [0.2, 0.25) is 0 Å². The summed E-state index contributed by atoms with van der Waals surface area (Å²) in [5.74, 6) is 1.30. The van der Waals surface area contributed by atoms with Crippen LogP contribution in [0.25, 0.3) is 10.8 Å². The molecule has 1 aliphatic heterocycles. The van der Waals surface area contributed by atoms with E-state index < -0.39 is 0 Å². The Hall–Kier alpha value is -1.35. The molecule has 1 N–H and O–H groups in total. The largest absolute Gasteiger partial charge is 0.468 e. The van der Waals surface area contributed by atoms with Crippen molar-refractivity contribution < 1.29 is 8.81 Å². The quantitative estimate of drug-likeness (QED) is 0.797. The Kier molecular flexibility index (Phi) is 2.40. The van der Waals surface area contributed by atoms with E-state index in [2.05, 4.69) is 5.32 Å². The first-order chi connectivity index (χ1) is 7.84. The first-order valence-corrected chi connectivity index (χ1v) is 5.72. The Balaban J connectivity index is 2.03. The number of fused-ring (bicyclic) bond motifs is 1. The Morgan fingerprint density at radius 1 is 1.25 bits per heavy atom. The van der Waals surface area contributed by atoms with Crippen LogP contribution in [0, 0.1) is 5.82 Å². The fourth-order valence-corrected chi connectivity index (χ4v) is 2.45. The van der Waals surface area contributed by atoms with E-state index in [0.29, 0.717) is 5.92 Å². The molecule has 16 heavy (non-hydrogen) atoms. The van der Waals surface area contributed by atoms with E-state index in [1.165, 1.54) is 12.1 Å². The molecular formula is C13H14FNO. The van der Waals surface area contributed by atoms with Crippen molar-refractivity contribution in [2.45, 2.75) is 18.8 Å². The van der Waals surface area contributed by atoms with E-state index in [0.717, 1.165) is 42.5 Å². The predicted molar refractivity (Wildman–Crippen MR) is 61.0 cm³/mol. The van der Waals surface area contributed by atoms with E-state index in [1.807, 2.05) is 6.07 Å². The molecule has 0 spiro atoms. The molecule has 3 rings (SSSR count). The van der Waals surface area contributed by atoms with Gasteiger partial charge in [-0.3, -0.25) is 0 Å². The van der Waals surface area contributed by atoms with Gasteiger partial charge in [-0.15, -0.1) is 0 Å². The van der Waals surface area contributed by atoms with Crippen LogP contribution in [0.15, 0.2) is 28.9 Å². The summed E-state index contributed by atoms with van der Waals surface area (Å²) >= 11 is 0. The summed E-state index contributed by atoms with van der Waals surface area (Å²) < 4.78 is 18.7. The first-order valence-electron chi connectivity index (χ1n) is 5.72. The molecule has 1 saturated heterocycles. The summed E-state index contributed by atoms with van der Waals surface area (Å²) in [6, 6.07) is 4.86. The third-order valence-corrected chi connectivity index (χ3v) is 3.30. The Morgan fingerprint density at radius 2 is 2.06 bits per heavy atom. The molecule has 1 aromatic carbocycles. The predicted octanol–water partition coefficient (Wildman–Crippen LogP) is 3.04.